The molecule has 3 aromatic heterocycles. The summed E-state index contributed by atoms with van der Waals surface area (Å²) in [5.74, 6) is 0.715. The van der Waals surface area contributed by atoms with Crippen LogP contribution in [-0.2, 0) is 16.6 Å². The van der Waals surface area contributed by atoms with Crippen LogP contribution in [-0.4, -0.2) is 84.7 Å². The molecule has 5 atom stereocenters. The summed E-state index contributed by atoms with van der Waals surface area (Å²) in [6, 6.07) is 4.06. The molecular formula is C39H48N8O5S. The van der Waals surface area contributed by atoms with Gasteiger partial charge in [0.05, 0.1) is 24.9 Å². The number of carbonyl (C=O) groups is 3. The van der Waals surface area contributed by atoms with Crippen molar-refractivity contribution in [1.29, 1.82) is 0 Å². The number of ether oxygens (including phenoxy) is 2. The molecule has 1 aromatic carbocycles. The molecule has 4 aromatic rings. The van der Waals surface area contributed by atoms with Gasteiger partial charge in [-0.3, -0.25) is 19.1 Å². The minimum Gasteiger partial charge on any atom is -0.496 e. The SMILES string of the molecule is COc1ccc2c(O[C@@H]3CC4C(=O)N[C@]5(C)C[C@H]5/C=C\CCCCC[C@H](NC(=O)c5ncn(C)n5)C(=O)N4C3)cc(-c3nc(C(C)C)cs3)nc2c1C. The number of aryl methyl sites for hydroxylation is 2. The zero-order valence-corrected chi connectivity index (χ0v) is 32.0. The zero-order valence-electron chi connectivity index (χ0n) is 31.2. The van der Waals surface area contributed by atoms with Crippen molar-refractivity contribution in [2.75, 3.05) is 13.7 Å². The lowest BCUT2D eigenvalue weighted by Crippen LogP contribution is -2.55. The average Bonchev–Trinajstić information content (AvgIpc) is 3.62. The van der Waals surface area contributed by atoms with Gasteiger partial charge in [0.15, 0.2) is 0 Å². The number of nitrogens with one attached hydrogen (secondary N) is 2. The van der Waals surface area contributed by atoms with Crippen LogP contribution in [0.1, 0.15) is 93.5 Å². The van der Waals surface area contributed by atoms with E-state index in [1.165, 1.54) is 22.3 Å². The highest BCUT2D eigenvalue weighted by atomic mass is 32.1. The number of amides is 3. The van der Waals surface area contributed by atoms with Crippen LogP contribution in [0.4, 0.5) is 0 Å². The van der Waals surface area contributed by atoms with Crippen LogP contribution >= 0.6 is 11.3 Å². The fourth-order valence-corrected chi connectivity index (χ4v) is 8.33. The standard InChI is InChI=1S/C39H48N8O5S/c1-22(2)29-20-53-37(43-29)28-17-32(26-14-15-31(51-6)23(3)33(26)41-28)52-25-16-30-35(48)44-39(4)18-24(39)12-10-8-7-9-11-13-27(38(50)47(30)19-25)42-36(49)34-40-21-46(5)45-34/h10,12,14-15,17,20-22,24-25,27,30H,7-9,11,13,16,18-19H2,1-6H3,(H,42,49)(H,44,48)/b12-10-/t24-,25-,27+,30?,39-/m1/s1. The summed E-state index contributed by atoms with van der Waals surface area (Å²) in [4.78, 5) is 57.6. The van der Waals surface area contributed by atoms with E-state index in [0.29, 0.717) is 23.6 Å². The van der Waals surface area contributed by atoms with Crippen LogP contribution in [0.3, 0.4) is 0 Å². The molecule has 1 aliphatic carbocycles. The maximum Gasteiger partial charge on any atom is 0.291 e. The molecule has 0 spiro atoms. The summed E-state index contributed by atoms with van der Waals surface area (Å²) in [6.45, 7) is 8.40. The highest BCUT2D eigenvalue weighted by Gasteiger charge is 2.52. The number of hydrogen-bond donors (Lipinski definition) is 2. The molecule has 0 bridgehead atoms. The van der Waals surface area contributed by atoms with Crippen molar-refractivity contribution in [2.45, 2.75) is 102 Å². The number of nitrogens with zero attached hydrogens (tertiary/aromatic N) is 6. The molecule has 0 radical (unpaired) electrons. The van der Waals surface area contributed by atoms with Crippen LogP contribution in [0.5, 0.6) is 11.5 Å². The van der Waals surface area contributed by atoms with Crippen molar-refractivity contribution in [3.63, 3.8) is 0 Å². The predicted molar refractivity (Wildman–Crippen MR) is 202 cm³/mol. The first-order valence-electron chi connectivity index (χ1n) is 18.5. The van der Waals surface area contributed by atoms with Gasteiger partial charge < -0.3 is 25.0 Å². The Labute approximate surface area is 313 Å². The predicted octanol–water partition coefficient (Wildman–Crippen LogP) is 5.49. The molecule has 7 rings (SSSR count). The quantitative estimate of drug-likeness (QED) is 0.234. The Morgan fingerprint density at radius 1 is 1.15 bits per heavy atom. The third-order valence-electron chi connectivity index (χ3n) is 10.7. The zero-order chi connectivity index (χ0) is 37.4. The van der Waals surface area contributed by atoms with E-state index in [1.54, 1.807) is 19.1 Å². The summed E-state index contributed by atoms with van der Waals surface area (Å²) in [7, 11) is 3.31. The van der Waals surface area contributed by atoms with Crippen LogP contribution in [0, 0.1) is 12.8 Å². The number of benzene rings is 1. The third kappa shape index (κ3) is 7.64. The van der Waals surface area contributed by atoms with Gasteiger partial charge in [-0.25, -0.2) is 15.0 Å². The molecule has 1 unspecified atom stereocenters. The first-order valence-corrected chi connectivity index (χ1v) is 19.4. The lowest BCUT2D eigenvalue weighted by atomic mass is 10.0. The lowest BCUT2D eigenvalue weighted by molar-refractivity contribution is -0.140. The van der Waals surface area contributed by atoms with E-state index in [9.17, 15) is 14.4 Å². The van der Waals surface area contributed by atoms with Gasteiger partial charge in [0, 0.05) is 47.3 Å². The van der Waals surface area contributed by atoms with E-state index in [0.717, 1.165) is 59.3 Å². The van der Waals surface area contributed by atoms with Gasteiger partial charge in [-0.2, -0.15) is 0 Å². The Morgan fingerprint density at radius 3 is 2.72 bits per heavy atom. The molecular weight excluding hydrogens is 693 g/mol. The molecule has 1 saturated heterocycles. The molecule has 2 fully saturated rings. The van der Waals surface area contributed by atoms with E-state index in [-0.39, 0.29) is 48.0 Å². The number of aromatic nitrogens is 5. The second-order valence-corrected chi connectivity index (χ2v) is 15.9. The van der Waals surface area contributed by atoms with Gasteiger partial charge in [0.1, 0.15) is 46.7 Å². The number of hydrogen-bond acceptors (Lipinski definition) is 10. The number of allylic oxidation sites excluding steroid dienone is 1. The largest absolute Gasteiger partial charge is 0.496 e. The van der Waals surface area contributed by atoms with E-state index >= 15 is 0 Å². The number of methoxy groups -OCH3 is 1. The van der Waals surface area contributed by atoms with Gasteiger partial charge in [0.25, 0.3) is 5.91 Å². The minimum atomic E-state index is -0.867. The van der Waals surface area contributed by atoms with Crippen molar-refractivity contribution < 1.29 is 23.9 Å². The second-order valence-electron chi connectivity index (χ2n) is 15.1. The van der Waals surface area contributed by atoms with Crippen LogP contribution < -0.4 is 20.1 Å². The highest BCUT2D eigenvalue weighted by molar-refractivity contribution is 7.13. The topological polar surface area (TPSA) is 153 Å². The molecule has 3 aliphatic rings. The Kier molecular flexibility index (Phi) is 10.2. The lowest BCUT2D eigenvalue weighted by Gasteiger charge is -2.29. The van der Waals surface area contributed by atoms with E-state index in [4.69, 9.17) is 19.4 Å². The number of fused-ring (bicyclic) bond motifs is 3. The van der Waals surface area contributed by atoms with Gasteiger partial charge >= 0.3 is 0 Å². The first-order chi connectivity index (χ1) is 25.4. The molecule has 13 nitrogen and oxygen atoms in total. The fraction of sp³-hybridized carbons (Fsp3) is 0.513. The number of pyridine rings is 1. The fourth-order valence-electron chi connectivity index (χ4n) is 7.39. The van der Waals surface area contributed by atoms with Crippen molar-refractivity contribution in [1.82, 2.24) is 40.3 Å². The summed E-state index contributed by atoms with van der Waals surface area (Å²) in [6.07, 6.45) is 10.4. The van der Waals surface area contributed by atoms with Gasteiger partial charge in [-0.15, -0.1) is 16.4 Å². The highest BCUT2D eigenvalue weighted by Crippen LogP contribution is 2.45. The first kappa shape index (κ1) is 36.5. The van der Waals surface area contributed by atoms with Crippen molar-refractivity contribution in [2.24, 2.45) is 13.0 Å². The molecule has 2 aliphatic heterocycles. The second kappa shape index (κ2) is 14.9. The average molecular weight is 741 g/mol. The van der Waals surface area contributed by atoms with E-state index < -0.39 is 24.1 Å². The summed E-state index contributed by atoms with van der Waals surface area (Å²) < 4.78 is 13.9. The third-order valence-corrected chi connectivity index (χ3v) is 11.6. The Balaban J connectivity index is 1.22. The summed E-state index contributed by atoms with van der Waals surface area (Å²) >= 11 is 1.53. The van der Waals surface area contributed by atoms with Crippen LogP contribution in [0.15, 0.2) is 42.1 Å². The van der Waals surface area contributed by atoms with Gasteiger partial charge in [-0.05, 0) is 57.6 Å². The normalized spacial score (nSPS) is 25.6. The molecule has 280 valence electrons. The number of rotatable bonds is 7. The van der Waals surface area contributed by atoms with Crippen LogP contribution in [0.2, 0.25) is 0 Å². The maximum atomic E-state index is 14.6. The monoisotopic (exact) mass is 740 g/mol. The maximum absolute atomic E-state index is 14.6. The van der Waals surface area contributed by atoms with Gasteiger partial charge in [0.2, 0.25) is 17.6 Å². The Hall–Kier alpha value is -4.85. The Bertz CT molecular complexity index is 2060. The molecule has 3 amide bonds. The van der Waals surface area contributed by atoms with Gasteiger partial charge in [-0.1, -0.05) is 38.8 Å². The van der Waals surface area contributed by atoms with Crippen molar-refractivity contribution in [3.8, 4) is 22.2 Å². The van der Waals surface area contributed by atoms with Crippen molar-refractivity contribution >= 4 is 40.0 Å². The molecule has 14 heteroatoms. The summed E-state index contributed by atoms with van der Waals surface area (Å²) in [5, 5.41) is 13.9. The molecule has 5 heterocycles. The number of carbonyl (C=O) groups excluding carboxylic acids is 3. The smallest absolute Gasteiger partial charge is 0.291 e. The number of thiazole rings is 1. The molecule has 53 heavy (non-hydrogen) atoms. The van der Waals surface area contributed by atoms with Crippen molar-refractivity contribution in [3.05, 3.63) is 59.1 Å². The van der Waals surface area contributed by atoms with E-state index in [2.05, 4.69) is 59.0 Å². The molecule has 2 N–H and O–H groups in total. The molecule has 1 saturated carbocycles. The Morgan fingerprint density at radius 2 is 1.98 bits per heavy atom. The summed E-state index contributed by atoms with van der Waals surface area (Å²) in [5.41, 5.74) is 2.88. The van der Waals surface area contributed by atoms with Crippen LogP contribution in [0.25, 0.3) is 21.6 Å². The van der Waals surface area contributed by atoms with E-state index in [1.807, 2.05) is 25.1 Å². The minimum absolute atomic E-state index is 0.0148.